The van der Waals surface area contributed by atoms with E-state index in [2.05, 4.69) is 10.6 Å². The Hall–Kier alpha value is -4.29. The third-order valence-corrected chi connectivity index (χ3v) is 5.33. The molecule has 0 fully saturated rings. The Morgan fingerprint density at radius 1 is 1.09 bits per heavy atom. The fourth-order valence-corrected chi connectivity index (χ4v) is 3.60. The van der Waals surface area contributed by atoms with Crippen LogP contribution in [0.4, 0.5) is 11.4 Å². The molecule has 0 saturated carbocycles. The number of phenols is 1. The Balaban J connectivity index is 1.96. The van der Waals surface area contributed by atoms with Gasteiger partial charge in [0.25, 0.3) is 17.7 Å². The molecule has 2 aromatic rings. The quantitative estimate of drug-likeness (QED) is 0.292. The molecule has 184 valence electrons. The third kappa shape index (κ3) is 5.99. The lowest BCUT2D eigenvalue weighted by Gasteiger charge is -2.27. The summed E-state index contributed by atoms with van der Waals surface area (Å²) in [4.78, 5) is 63.5. The average molecular weight is 484 g/mol. The molecule has 1 aliphatic rings. The van der Waals surface area contributed by atoms with Crippen LogP contribution in [-0.4, -0.2) is 77.2 Å². The molecule has 2 aromatic carbocycles. The van der Waals surface area contributed by atoms with Crippen LogP contribution in [-0.2, 0) is 19.2 Å². The highest BCUT2D eigenvalue weighted by molar-refractivity contribution is 6.09. The average Bonchev–Trinajstić information content (AvgIpc) is 2.96. The maximum absolute atomic E-state index is 13.5. The van der Waals surface area contributed by atoms with Crippen LogP contribution in [0.5, 0.6) is 5.75 Å². The number of carbonyl (C=O) groups is 5. The summed E-state index contributed by atoms with van der Waals surface area (Å²) in [6.45, 7) is -1.42. The number of hydrogen-bond acceptors (Lipinski definition) is 8. The van der Waals surface area contributed by atoms with Gasteiger partial charge in [-0.15, -0.1) is 0 Å². The number of carbonyl (C=O) groups excluding carboxylic acids is 4. The standard InChI is InChI=1S/C23H24N4O8/c28-11-15(9-21(32)33)24-13-27-19-4-2-1-3-18(19)26(20(31)12-29)10-17(23(27)35)25-22(34)14-5-7-16(30)8-6-14/h1-8,11,15,17,24,29-30H,9-10,12-13H2,(H,25,34)(H,32,33). The summed E-state index contributed by atoms with van der Waals surface area (Å²) in [6.07, 6.45) is -0.0999. The number of phenolic OH excluding ortho intramolecular Hbond substituents is 1. The maximum Gasteiger partial charge on any atom is 0.305 e. The van der Waals surface area contributed by atoms with Gasteiger partial charge in [0, 0.05) is 5.56 Å². The summed E-state index contributed by atoms with van der Waals surface area (Å²) in [5, 5.41) is 33.2. The van der Waals surface area contributed by atoms with Gasteiger partial charge in [0.15, 0.2) is 0 Å². The van der Waals surface area contributed by atoms with E-state index < -0.39 is 48.8 Å². The third-order valence-electron chi connectivity index (χ3n) is 5.33. The van der Waals surface area contributed by atoms with Gasteiger partial charge < -0.3 is 30.3 Å². The molecular formula is C23H24N4O8. The minimum absolute atomic E-state index is 0.0504. The zero-order chi connectivity index (χ0) is 25.5. The number of carboxylic acid groups (broad SMARTS) is 1. The van der Waals surface area contributed by atoms with E-state index in [1.807, 2.05) is 0 Å². The molecule has 12 heteroatoms. The van der Waals surface area contributed by atoms with Gasteiger partial charge in [-0.1, -0.05) is 12.1 Å². The number of amides is 3. The summed E-state index contributed by atoms with van der Waals surface area (Å²) in [5.41, 5.74) is 0.696. The van der Waals surface area contributed by atoms with E-state index in [-0.39, 0.29) is 35.9 Å². The van der Waals surface area contributed by atoms with Gasteiger partial charge in [0.05, 0.1) is 37.1 Å². The number of aliphatic hydroxyl groups excluding tert-OH is 1. The second kappa shape index (κ2) is 11.2. The van der Waals surface area contributed by atoms with Crippen LogP contribution in [0.3, 0.4) is 0 Å². The molecule has 3 rings (SSSR count). The molecule has 0 bridgehead atoms. The Bertz CT molecular complexity index is 1120. The number of aliphatic hydroxyl groups is 1. The van der Waals surface area contributed by atoms with Crippen molar-refractivity contribution in [2.75, 3.05) is 29.6 Å². The van der Waals surface area contributed by atoms with Crippen molar-refractivity contribution in [2.45, 2.75) is 18.5 Å². The Morgan fingerprint density at radius 2 is 1.74 bits per heavy atom. The zero-order valence-corrected chi connectivity index (χ0v) is 18.5. The lowest BCUT2D eigenvalue weighted by Crippen LogP contribution is -2.55. The van der Waals surface area contributed by atoms with Crippen molar-refractivity contribution in [2.24, 2.45) is 0 Å². The first-order valence-electron chi connectivity index (χ1n) is 10.6. The smallest absolute Gasteiger partial charge is 0.305 e. The number of para-hydroxylation sites is 2. The number of aliphatic carboxylic acids is 1. The monoisotopic (exact) mass is 484 g/mol. The number of carboxylic acids is 1. The van der Waals surface area contributed by atoms with Crippen molar-refractivity contribution < 1.29 is 39.3 Å². The predicted octanol–water partition coefficient (Wildman–Crippen LogP) is -0.548. The number of hydrogen-bond donors (Lipinski definition) is 5. The molecule has 0 aromatic heterocycles. The van der Waals surface area contributed by atoms with Crippen LogP contribution in [0.25, 0.3) is 0 Å². The van der Waals surface area contributed by atoms with Gasteiger partial charge in [-0.2, -0.15) is 0 Å². The first-order chi connectivity index (χ1) is 16.7. The van der Waals surface area contributed by atoms with Crippen LogP contribution in [0.1, 0.15) is 16.8 Å². The molecule has 35 heavy (non-hydrogen) atoms. The second-order valence-corrected chi connectivity index (χ2v) is 7.69. The summed E-state index contributed by atoms with van der Waals surface area (Å²) in [7, 11) is 0. The fraction of sp³-hybridized carbons (Fsp3) is 0.261. The van der Waals surface area contributed by atoms with Crippen molar-refractivity contribution in [1.29, 1.82) is 0 Å². The normalized spacial score (nSPS) is 16.1. The Kier molecular flexibility index (Phi) is 8.12. The van der Waals surface area contributed by atoms with E-state index in [0.717, 1.165) is 0 Å². The second-order valence-electron chi connectivity index (χ2n) is 7.69. The molecule has 3 amide bonds. The van der Waals surface area contributed by atoms with Crippen molar-refractivity contribution in [3.05, 3.63) is 54.1 Å². The van der Waals surface area contributed by atoms with Gasteiger partial charge >= 0.3 is 5.97 Å². The summed E-state index contributed by atoms with van der Waals surface area (Å²) in [6, 6.07) is 9.33. The molecule has 1 heterocycles. The summed E-state index contributed by atoms with van der Waals surface area (Å²) >= 11 is 0. The minimum atomic E-state index is -1.25. The molecular weight excluding hydrogens is 460 g/mol. The van der Waals surface area contributed by atoms with E-state index in [1.165, 1.54) is 34.1 Å². The van der Waals surface area contributed by atoms with Gasteiger partial charge in [0.1, 0.15) is 24.7 Å². The predicted molar refractivity (Wildman–Crippen MR) is 123 cm³/mol. The van der Waals surface area contributed by atoms with Gasteiger partial charge in [-0.25, -0.2) is 0 Å². The molecule has 0 radical (unpaired) electrons. The van der Waals surface area contributed by atoms with Crippen molar-refractivity contribution in [3.63, 3.8) is 0 Å². The number of aromatic hydroxyl groups is 1. The number of aldehydes is 1. The van der Waals surface area contributed by atoms with Crippen LogP contribution in [0.15, 0.2) is 48.5 Å². The van der Waals surface area contributed by atoms with Crippen LogP contribution >= 0.6 is 0 Å². The number of fused-ring (bicyclic) bond motifs is 1. The molecule has 2 atom stereocenters. The fourth-order valence-electron chi connectivity index (χ4n) is 3.60. The molecule has 2 unspecified atom stereocenters. The number of rotatable bonds is 9. The zero-order valence-electron chi connectivity index (χ0n) is 18.5. The first-order valence-corrected chi connectivity index (χ1v) is 10.6. The lowest BCUT2D eigenvalue weighted by atomic mass is 10.1. The molecule has 1 aliphatic heterocycles. The van der Waals surface area contributed by atoms with Crippen LogP contribution < -0.4 is 20.4 Å². The van der Waals surface area contributed by atoms with Gasteiger partial charge in [-0.05, 0) is 36.4 Å². The Labute approximate surface area is 199 Å². The van der Waals surface area contributed by atoms with Gasteiger partial charge in [0.2, 0.25) is 0 Å². The molecule has 0 spiro atoms. The number of anilines is 2. The topological polar surface area (TPSA) is 177 Å². The van der Waals surface area contributed by atoms with Crippen LogP contribution in [0, 0.1) is 0 Å². The molecule has 0 saturated heterocycles. The number of nitrogens with one attached hydrogen (secondary N) is 2. The summed E-state index contributed by atoms with van der Waals surface area (Å²) < 4.78 is 0. The maximum atomic E-state index is 13.5. The van der Waals surface area contributed by atoms with E-state index in [1.54, 1.807) is 24.3 Å². The first kappa shape index (κ1) is 25.3. The minimum Gasteiger partial charge on any atom is -0.508 e. The molecule has 12 nitrogen and oxygen atoms in total. The summed E-state index contributed by atoms with van der Waals surface area (Å²) in [5.74, 6) is -3.25. The van der Waals surface area contributed by atoms with Crippen molar-refractivity contribution >= 4 is 41.4 Å². The van der Waals surface area contributed by atoms with Crippen molar-refractivity contribution in [1.82, 2.24) is 10.6 Å². The van der Waals surface area contributed by atoms with Crippen molar-refractivity contribution in [3.8, 4) is 5.75 Å². The van der Waals surface area contributed by atoms with Crippen LogP contribution in [0.2, 0.25) is 0 Å². The van der Waals surface area contributed by atoms with Gasteiger partial charge in [-0.3, -0.25) is 29.4 Å². The lowest BCUT2D eigenvalue weighted by molar-refractivity contribution is -0.138. The van der Waals surface area contributed by atoms with E-state index in [4.69, 9.17) is 5.11 Å². The molecule has 5 N–H and O–H groups in total. The highest BCUT2D eigenvalue weighted by Gasteiger charge is 2.37. The van der Waals surface area contributed by atoms with E-state index in [0.29, 0.717) is 6.29 Å². The largest absolute Gasteiger partial charge is 0.508 e. The Morgan fingerprint density at radius 3 is 2.34 bits per heavy atom. The number of benzene rings is 2. The SMILES string of the molecule is O=CC(CC(=O)O)NCN1C(=O)C(NC(=O)c2ccc(O)cc2)CN(C(=O)CO)c2ccccc21. The number of nitrogens with zero attached hydrogens (tertiary/aromatic N) is 2. The van der Waals surface area contributed by atoms with E-state index in [9.17, 15) is 34.2 Å². The van der Waals surface area contributed by atoms with E-state index >= 15 is 0 Å². The highest BCUT2D eigenvalue weighted by atomic mass is 16.4. The molecule has 0 aliphatic carbocycles. The highest BCUT2D eigenvalue weighted by Crippen LogP contribution is 2.32.